The third-order valence-electron chi connectivity index (χ3n) is 4.98. The molecular weight excluding hydrogens is 468 g/mol. The zero-order valence-corrected chi connectivity index (χ0v) is 19.1. The summed E-state index contributed by atoms with van der Waals surface area (Å²) in [6.07, 6.45) is 0. The minimum atomic E-state index is -3.75. The van der Waals surface area contributed by atoms with Crippen molar-refractivity contribution >= 4 is 49.7 Å². The van der Waals surface area contributed by atoms with Crippen molar-refractivity contribution in [3.63, 3.8) is 0 Å². The van der Waals surface area contributed by atoms with Gasteiger partial charge in [-0.1, -0.05) is 29.3 Å². The molecule has 4 rings (SSSR count). The van der Waals surface area contributed by atoms with Crippen molar-refractivity contribution < 1.29 is 12.8 Å². The average Bonchev–Trinajstić information content (AvgIpc) is 3.19. The van der Waals surface area contributed by atoms with Crippen LogP contribution in [0.2, 0.25) is 10.0 Å². The lowest BCUT2D eigenvalue weighted by atomic mass is 10.2. The van der Waals surface area contributed by atoms with Gasteiger partial charge in [-0.15, -0.1) is 11.3 Å². The van der Waals surface area contributed by atoms with Crippen LogP contribution < -0.4 is 4.90 Å². The highest BCUT2D eigenvalue weighted by Crippen LogP contribution is 2.34. The van der Waals surface area contributed by atoms with Crippen LogP contribution in [0.5, 0.6) is 0 Å². The van der Waals surface area contributed by atoms with Gasteiger partial charge in [-0.3, -0.25) is 0 Å². The number of aromatic nitrogens is 1. The largest absolute Gasteiger partial charge is 0.345 e. The number of rotatable bonds is 4. The van der Waals surface area contributed by atoms with Crippen molar-refractivity contribution in [1.82, 2.24) is 9.29 Å². The van der Waals surface area contributed by atoms with Crippen LogP contribution in [0.4, 0.5) is 9.52 Å². The molecule has 0 bridgehead atoms. The predicted molar refractivity (Wildman–Crippen MR) is 120 cm³/mol. The fourth-order valence-corrected chi connectivity index (χ4v) is 6.38. The molecule has 1 aliphatic rings. The van der Waals surface area contributed by atoms with E-state index in [0.717, 1.165) is 22.5 Å². The minimum Gasteiger partial charge on any atom is -0.345 e. The van der Waals surface area contributed by atoms with Crippen LogP contribution in [0.15, 0.2) is 46.7 Å². The summed E-state index contributed by atoms with van der Waals surface area (Å²) in [7, 11) is -3.75. The number of piperazine rings is 1. The van der Waals surface area contributed by atoms with Gasteiger partial charge in [-0.2, -0.15) is 4.31 Å². The second-order valence-corrected chi connectivity index (χ2v) is 10.5. The molecule has 0 aliphatic carbocycles. The summed E-state index contributed by atoms with van der Waals surface area (Å²) >= 11 is 13.7. The molecule has 1 aliphatic heterocycles. The molecule has 10 heteroatoms. The van der Waals surface area contributed by atoms with Gasteiger partial charge in [-0.05, 0) is 42.8 Å². The third-order valence-corrected chi connectivity index (χ3v) is 8.47. The standard InChI is InChI=1S/C20H18Cl2FN3O2S2/c1-13-2-4-15(23)11-19(13)30(27,28)26-8-6-25(7-9-26)20-24-18(12-29-20)16-5-3-14(21)10-17(16)22/h2-5,10-12H,6-9H2,1H3. The van der Waals surface area contributed by atoms with E-state index in [1.807, 2.05) is 16.3 Å². The van der Waals surface area contributed by atoms with Crippen LogP contribution in [-0.4, -0.2) is 43.9 Å². The first-order valence-corrected chi connectivity index (χ1v) is 12.3. The van der Waals surface area contributed by atoms with E-state index >= 15 is 0 Å². The quantitative estimate of drug-likeness (QED) is 0.517. The van der Waals surface area contributed by atoms with Crippen LogP contribution in [0, 0.1) is 12.7 Å². The molecule has 158 valence electrons. The van der Waals surface area contributed by atoms with Gasteiger partial charge >= 0.3 is 0 Å². The molecule has 0 atom stereocenters. The highest BCUT2D eigenvalue weighted by Gasteiger charge is 2.30. The molecule has 0 unspecified atom stereocenters. The number of thiazole rings is 1. The Hall–Kier alpha value is -1.71. The lowest BCUT2D eigenvalue weighted by molar-refractivity contribution is 0.384. The van der Waals surface area contributed by atoms with Crippen LogP contribution in [-0.2, 0) is 10.0 Å². The fourth-order valence-electron chi connectivity index (χ4n) is 3.34. The first-order valence-electron chi connectivity index (χ1n) is 9.18. The van der Waals surface area contributed by atoms with Crippen molar-refractivity contribution in [2.24, 2.45) is 0 Å². The topological polar surface area (TPSA) is 53.5 Å². The summed E-state index contributed by atoms with van der Waals surface area (Å²) in [6, 6.07) is 9.10. The van der Waals surface area contributed by atoms with Crippen molar-refractivity contribution in [1.29, 1.82) is 0 Å². The second kappa shape index (κ2) is 8.43. The summed E-state index contributed by atoms with van der Waals surface area (Å²) in [5.41, 5.74) is 2.08. The summed E-state index contributed by atoms with van der Waals surface area (Å²) in [4.78, 5) is 6.73. The Morgan fingerprint density at radius 1 is 1.07 bits per heavy atom. The van der Waals surface area contributed by atoms with Gasteiger partial charge in [0.1, 0.15) is 5.82 Å². The summed E-state index contributed by atoms with van der Waals surface area (Å²) < 4.78 is 40.9. The van der Waals surface area contributed by atoms with E-state index in [-0.39, 0.29) is 4.90 Å². The highest BCUT2D eigenvalue weighted by molar-refractivity contribution is 7.89. The second-order valence-electron chi connectivity index (χ2n) is 6.94. The van der Waals surface area contributed by atoms with E-state index in [1.54, 1.807) is 19.1 Å². The van der Waals surface area contributed by atoms with E-state index in [2.05, 4.69) is 4.98 Å². The maximum Gasteiger partial charge on any atom is 0.243 e. The number of sulfonamides is 1. The maximum absolute atomic E-state index is 13.6. The first kappa shape index (κ1) is 21.5. The zero-order valence-electron chi connectivity index (χ0n) is 16.0. The van der Waals surface area contributed by atoms with Gasteiger partial charge in [0.15, 0.2) is 5.13 Å². The molecule has 1 aromatic heterocycles. The van der Waals surface area contributed by atoms with E-state index in [4.69, 9.17) is 23.2 Å². The van der Waals surface area contributed by atoms with Gasteiger partial charge in [0.2, 0.25) is 10.0 Å². The predicted octanol–water partition coefficient (Wildman–Crippen LogP) is 5.08. The van der Waals surface area contributed by atoms with Crippen molar-refractivity contribution in [3.8, 4) is 11.3 Å². The number of anilines is 1. The molecule has 2 heterocycles. The Labute approximate surface area is 188 Å². The maximum atomic E-state index is 13.6. The van der Waals surface area contributed by atoms with Gasteiger partial charge < -0.3 is 4.90 Å². The van der Waals surface area contributed by atoms with E-state index < -0.39 is 15.8 Å². The summed E-state index contributed by atoms with van der Waals surface area (Å²) in [6.45, 7) is 3.26. The van der Waals surface area contributed by atoms with Crippen molar-refractivity contribution in [2.45, 2.75) is 11.8 Å². The van der Waals surface area contributed by atoms with E-state index in [9.17, 15) is 12.8 Å². The number of hydrogen-bond acceptors (Lipinski definition) is 5. The van der Waals surface area contributed by atoms with Crippen LogP contribution >= 0.6 is 34.5 Å². The van der Waals surface area contributed by atoms with Crippen LogP contribution in [0.1, 0.15) is 5.56 Å². The Kier molecular flexibility index (Phi) is 6.05. The van der Waals surface area contributed by atoms with E-state index in [0.29, 0.717) is 41.8 Å². The first-order chi connectivity index (χ1) is 14.3. The fraction of sp³-hybridized carbons (Fsp3) is 0.250. The molecule has 5 nitrogen and oxygen atoms in total. The van der Waals surface area contributed by atoms with Crippen molar-refractivity contribution in [2.75, 3.05) is 31.1 Å². The Morgan fingerprint density at radius 2 is 1.80 bits per heavy atom. The zero-order chi connectivity index (χ0) is 21.5. The summed E-state index contributed by atoms with van der Waals surface area (Å²) in [5.74, 6) is -0.561. The Morgan fingerprint density at radius 3 is 2.50 bits per heavy atom. The lowest BCUT2D eigenvalue weighted by Crippen LogP contribution is -2.48. The molecule has 30 heavy (non-hydrogen) atoms. The summed E-state index contributed by atoms with van der Waals surface area (Å²) in [5, 5.41) is 3.81. The van der Waals surface area contributed by atoms with Gasteiger partial charge in [0.25, 0.3) is 0 Å². The lowest BCUT2D eigenvalue weighted by Gasteiger charge is -2.34. The molecule has 2 aromatic carbocycles. The molecule has 0 amide bonds. The monoisotopic (exact) mass is 485 g/mol. The molecular formula is C20H18Cl2FN3O2S2. The molecule has 0 spiro atoms. The molecule has 1 fully saturated rings. The molecule has 0 saturated carbocycles. The van der Waals surface area contributed by atoms with Gasteiger partial charge in [0.05, 0.1) is 15.6 Å². The molecule has 1 saturated heterocycles. The van der Waals surface area contributed by atoms with Crippen molar-refractivity contribution in [3.05, 3.63) is 63.2 Å². The Balaban J connectivity index is 1.49. The minimum absolute atomic E-state index is 0.0184. The molecule has 3 aromatic rings. The SMILES string of the molecule is Cc1ccc(F)cc1S(=O)(=O)N1CCN(c2nc(-c3ccc(Cl)cc3Cl)cs2)CC1. The number of hydrogen-bond donors (Lipinski definition) is 0. The highest BCUT2D eigenvalue weighted by atomic mass is 35.5. The normalized spacial score (nSPS) is 15.5. The average molecular weight is 486 g/mol. The number of nitrogens with zero attached hydrogens (tertiary/aromatic N) is 3. The van der Waals surface area contributed by atoms with E-state index in [1.165, 1.54) is 27.8 Å². The van der Waals surface area contributed by atoms with Gasteiger partial charge in [0, 0.05) is 42.1 Å². The Bertz CT molecular complexity index is 1190. The molecule has 0 radical (unpaired) electrons. The number of aryl methyl sites for hydroxylation is 1. The van der Waals surface area contributed by atoms with Crippen LogP contribution in [0.25, 0.3) is 11.3 Å². The number of halogens is 3. The number of benzene rings is 2. The molecule has 0 N–H and O–H groups in total. The third kappa shape index (κ3) is 4.20. The smallest absolute Gasteiger partial charge is 0.243 e. The van der Waals surface area contributed by atoms with Crippen LogP contribution in [0.3, 0.4) is 0 Å². The van der Waals surface area contributed by atoms with Gasteiger partial charge in [-0.25, -0.2) is 17.8 Å².